The summed E-state index contributed by atoms with van der Waals surface area (Å²) in [4.78, 5) is 15.5. The number of carbonyl (C=O) groups is 1. The molecule has 6 nitrogen and oxygen atoms in total. The molecule has 0 fully saturated rings. The van der Waals surface area contributed by atoms with Crippen LogP contribution in [0, 0.1) is 0 Å². The van der Waals surface area contributed by atoms with Crippen LogP contribution in [-0.4, -0.2) is 21.1 Å². The van der Waals surface area contributed by atoms with Gasteiger partial charge in [0.2, 0.25) is 11.8 Å². The van der Waals surface area contributed by atoms with Crippen molar-refractivity contribution in [2.45, 2.75) is 13.0 Å². The van der Waals surface area contributed by atoms with Gasteiger partial charge in [0.05, 0.1) is 6.04 Å². The summed E-state index contributed by atoms with van der Waals surface area (Å²) in [5.74, 6) is -0.154. The first-order valence-corrected chi connectivity index (χ1v) is 5.20. The van der Waals surface area contributed by atoms with Crippen LogP contribution in [0.3, 0.4) is 0 Å². The highest BCUT2D eigenvalue weighted by Gasteiger charge is 2.14. The van der Waals surface area contributed by atoms with Crippen molar-refractivity contribution in [1.29, 1.82) is 0 Å². The fourth-order valence-electron chi connectivity index (χ4n) is 1.47. The highest BCUT2D eigenvalue weighted by atomic mass is 16.2. The molecule has 1 atom stereocenters. The van der Waals surface area contributed by atoms with Gasteiger partial charge in [0, 0.05) is 0 Å². The first-order chi connectivity index (χ1) is 8.16. The van der Waals surface area contributed by atoms with Crippen LogP contribution in [0.2, 0.25) is 0 Å². The summed E-state index contributed by atoms with van der Waals surface area (Å²) >= 11 is 0. The predicted octanol–water partition coefficient (Wildman–Crippen LogP) is 0.878. The summed E-state index contributed by atoms with van der Waals surface area (Å²) < 4.78 is 0. The maximum atomic E-state index is 11.7. The van der Waals surface area contributed by atoms with Crippen LogP contribution in [0.4, 0.5) is 5.95 Å². The zero-order valence-electron chi connectivity index (χ0n) is 9.34. The zero-order chi connectivity index (χ0) is 12.3. The van der Waals surface area contributed by atoms with Gasteiger partial charge in [0.1, 0.15) is 0 Å². The number of nitrogens with zero attached hydrogens (tertiary/aromatic N) is 2. The summed E-state index contributed by atoms with van der Waals surface area (Å²) in [5.41, 5.74) is 6.35. The molecule has 2 rings (SSSR count). The molecule has 0 spiro atoms. The van der Waals surface area contributed by atoms with Crippen molar-refractivity contribution in [1.82, 2.24) is 20.5 Å². The van der Waals surface area contributed by atoms with Gasteiger partial charge in [-0.3, -0.25) is 9.89 Å². The molecule has 1 aromatic carbocycles. The van der Waals surface area contributed by atoms with Crippen LogP contribution in [0.15, 0.2) is 30.3 Å². The first kappa shape index (κ1) is 11.1. The molecule has 0 aliphatic rings. The van der Waals surface area contributed by atoms with E-state index in [1.807, 2.05) is 37.3 Å². The second-order valence-electron chi connectivity index (χ2n) is 3.65. The molecule has 0 unspecified atom stereocenters. The highest BCUT2D eigenvalue weighted by molar-refractivity contribution is 5.90. The van der Waals surface area contributed by atoms with E-state index in [4.69, 9.17) is 5.73 Å². The number of hydrogen-bond acceptors (Lipinski definition) is 4. The average molecular weight is 231 g/mol. The van der Waals surface area contributed by atoms with Crippen molar-refractivity contribution in [3.8, 4) is 0 Å². The quantitative estimate of drug-likeness (QED) is 0.730. The zero-order valence-corrected chi connectivity index (χ0v) is 9.34. The van der Waals surface area contributed by atoms with E-state index < -0.39 is 0 Å². The predicted molar refractivity (Wildman–Crippen MR) is 63.1 cm³/mol. The largest absolute Gasteiger partial charge is 0.366 e. The van der Waals surface area contributed by atoms with Gasteiger partial charge in [-0.1, -0.05) is 30.3 Å². The number of anilines is 1. The lowest BCUT2D eigenvalue weighted by Crippen LogP contribution is -2.27. The van der Waals surface area contributed by atoms with Crippen LogP contribution >= 0.6 is 0 Å². The van der Waals surface area contributed by atoms with Crippen molar-refractivity contribution in [2.75, 3.05) is 5.73 Å². The summed E-state index contributed by atoms with van der Waals surface area (Å²) in [5, 5.41) is 8.86. The van der Waals surface area contributed by atoms with Crippen molar-refractivity contribution in [3.05, 3.63) is 41.7 Å². The van der Waals surface area contributed by atoms with Crippen molar-refractivity contribution in [2.24, 2.45) is 0 Å². The summed E-state index contributed by atoms with van der Waals surface area (Å²) in [6.45, 7) is 1.90. The maximum Gasteiger partial charge on any atom is 0.289 e. The molecular formula is C11H13N5O. The van der Waals surface area contributed by atoms with E-state index in [0.717, 1.165) is 5.56 Å². The molecule has 2 aromatic rings. The third kappa shape index (κ3) is 2.60. The van der Waals surface area contributed by atoms with Crippen LogP contribution in [0.1, 0.15) is 29.1 Å². The van der Waals surface area contributed by atoms with E-state index >= 15 is 0 Å². The van der Waals surface area contributed by atoms with Gasteiger partial charge in [-0.25, -0.2) is 0 Å². The minimum atomic E-state index is -0.328. The Morgan fingerprint density at radius 1 is 1.41 bits per heavy atom. The Balaban J connectivity index is 2.04. The number of H-pyrrole nitrogens is 1. The topological polar surface area (TPSA) is 96.7 Å². The second-order valence-corrected chi connectivity index (χ2v) is 3.65. The van der Waals surface area contributed by atoms with Crippen molar-refractivity contribution in [3.63, 3.8) is 0 Å². The number of amides is 1. The molecule has 0 saturated carbocycles. The molecule has 0 aliphatic heterocycles. The number of nitrogen functional groups attached to an aromatic ring is 1. The summed E-state index contributed by atoms with van der Waals surface area (Å²) in [6, 6.07) is 9.55. The van der Waals surface area contributed by atoms with Gasteiger partial charge in [0.15, 0.2) is 0 Å². The van der Waals surface area contributed by atoms with Crippen LogP contribution in [0.25, 0.3) is 0 Å². The number of benzene rings is 1. The molecule has 88 valence electrons. The van der Waals surface area contributed by atoms with Crippen molar-refractivity contribution >= 4 is 11.9 Å². The van der Waals surface area contributed by atoms with Crippen LogP contribution < -0.4 is 11.1 Å². The van der Waals surface area contributed by atoms with E-state index in [-0.39, 0.29) is 23.7 Å². The third-order valence-electron chi connectivity index (χ3n) is 2.36. The fraction of sp³-hybridized carbons (Fsp3) is 0.182. The van der Waals surface area contributed by atoms with Gasteiger partial charge in [0.25, 0.3) is 5.91 Å². The Labute approximate surface area is 98.3 Å². The van der Waals surface area contributed by atoms with Gasteiger partial charge in [-0.05, 0) is 12.5 Å². The molecule has 4 N–H and O–H groups in total. The summed E-state index contributed by atoms with van der Waals surface area (Å²) in [7, 11) is 0. The number of aromatic nitrogens is 3. The third-order valence-corrected chi connectivity index (χ3v) is 2.36. The van der Waals surface area contributed by atoms with E-state index in [1.54, 1.807) is 0 Å². The molecule has 0 saturated heterocycles. The van der Waals surface area contributed by atoms with E-state index in [2.05, 4.69) is 20.5 Å². The van der Waals surface area contributed by atoms with Gasteiger partial charge >= 0.3 is 0 Å². The summed E-state index contributed by atoms with van der Waals surface area (Å²) in [6.07, 6.45) is 0. The van der Waals surface area contributed by atoms with E-state index in [0.29, 0.717) is 0 Å². The Morgan fingerprint density at radius 3 is 2.71 bits per heavy atom. The highest BCUT2D eigenvalue weighted by Crippen LogP contribution is 2.11. The van der Waals surface area contributed by atoms with Crippen LogP contribution in [-0.2, 0) is 0 Å². The molecular weight excluding hydrogens is 218 g/mol. The van der Waals surface area contributed by atoms with Crippen LogP contribution in [0.5, 0.6) is 0 Å². The minimum Gasteiger partial charge on any atom is -0.366 e. The smallest absolute Gasteiger partial charge is 0.289 e. The molecule has 0 bridgehead atoms. The molecule has 0 radical (unpaired) electrons. The Kier molecular flexibility index (Phi) is 3.04. The number of hydrogen-bond donors (Lipinski definition) is 3. The lowest BCUT2D eigenvalue weighted by atomic mass is 10.1. The number of aromatic amines is 1. The van der Waals surface area contributed by atoms with E-state index in [1.165, 1.54) is 0 Å². The average Bonchev–Trinajstić information content (AvgIpc) is 2.77. The SMILES string of the molecule is C[C@H](NC(=O)c1nc(N)n[nH]1)c1ccccc1. The monoisotopic (exact) mass is 231 g/mol. The lowest BCUT2D eigenvalue weighted by Gasteiger charge is -2.12. The number of carbonyl (C=O) groups excluding carboxylic acids is 1. The minimum absolute atomic E-state index is 0.0579. The lowest BCUT2D eigenvalue weighted by molar-refractivity contribution is 0.0930. The normalized spacial score (nSPS) is 12.1. The number of rotatable bonds is 3. The Hall–Kier alpha value is -2.37. The number of nitrogens with two attached hydrogens (primary N) is 1. The molecule has 0 aliphatic carbocycles. The van der Waals surface area contributed by atoms with Gasteiger partial charge in [-0.15, -0.1) is 5.10 Å². The van der Waals surface area contributed by atoms with Gasteiger partial charge < -0.3 is 11.1 Å². The van der Waals surface area contributed by atoms with E-state index in [9.17, 15) is 4.79 Å². The maximum absolute atomic E-state index is 11.7. The van der Waals surface area contributed by atoms with Gasteiger partial charge in [-0.2, -0.15) is 4.98 Å². The fourth-order valence-corrected chi connectivity index (χ4v) is 1.47. The molecule has 1 heterocycles. The Bertz CT molecular complexity index is 508. The molecule has 6 heteroatoms. The molecule has 17 heavy (non-hydrogen) atoms. The van der Waals surface area contributed by atoms with Crippen molar-refractivity contribution < 1.29 is 4.79 Å². The first-order valence-electron chi connectivity index (χ1n) is 5.20. The molecule has 1 amide bonds. The second kappa shape index (κ2) is 4.65. The molecule has 1 aromatic heterocycles. The standard InChI is InChI=1S/C11H13N5O/c1-7(8-5-3-2-4-6-8)13-10(17)9-14-11(12)16-15-9/h2-7H,1H3,(H,13,17)(H3,12,14,15,16)/t7-/m0/s1. The number of nitrogens with one attached hydrogen (secondary N) is 2. The Morgan fingerprint density at radius 2 is 2.12 bits per heavy atom.